The lowest BCUT2D eigenvalue weighted by molar-refractivity contribution is -0.124. The lowest BCUT2D eigenvalue weighted by Crippen LogP contribution is -2.50. The van der Waals surface area contributed by atoms with Crippen molar-refractivity contribution in [1.82, 2.24) is 20.2 Å². The first-order valence-corrected chi connectivity index (χ1v) is 9.59. The van der Waals surface area contributed by atoms with Crippen LogP contribution in [-0.2, 0) is 11.8 Å². The van der Waals surface area contributed by atoms with Crippen LogP contribution in [-0.4, -0.2) is 34.5 Å². The number of hydrogen-bond donors (Lipinski definition) is 2. The molecule has 1 saturated carbocycles. The van der Waals surface area contributed by atoms with Gasteiger partial charge in [0.05, 0.1) is 11.3 Å². The fourth-order valence-corrected chi connectivity index (χ4v) is 3.80. The zero-order valence-electron chi connectivity index (χ0n) is 16.2. The van der Waals surface area contributed by atoms with Crippen molar-refractivity contribution >= 4 is 11.8 Å². The fraction of sp³-hybridized carbons (Fsp3) is 0.429. The average molecular weight is 379 g/mol. The van der Waals surface area contributed by atoms with E-state index in [4.69, 9.17) is 5.26 Å². The quantitative estimate of drug-likeness (QED) is 0.833. The minimum Gasteiger partial charge on any atom is -0.357 e. The highest BCUT2D eigenvalue weighted by Gasteiger charge is 2.31. The summed E-state index contributed by atoms with van der Waals surface area (Å²) in [7, 11) is 3.39. The molecule has 0 saturated heterocycles. The van der Waals surface area contributed by atoms with Crippen molar-refractivity contribution in [3.8, 4) is 17.3 Å². The molecule has 1 fully saturated rings. The van der Waals surface area contributed by atoms with E-state index in [1.807, 2.05) is 12.3 Å². The molecular weight excluding hydrogens is 354 g/mol. The van der Waals surface area contributed by atoms with E-state index in [0.717, 1.165) is 31.2 Å². The highest BCUT2D eigenvalue weighted by atomic mass is 16.2. The molecule has 2 aromatic rings. The maximum absolute atomic E-state index is 12.9. The van der Waals surface area contributed by atoms with E-state index in [1.54, 1.807) is 36.9 Å². The highest BCUT2D eigenvalue weighted by molar-refractivity contribution is 5.97. The standard InChI is InChI=1S/C21H25N5O2/c1-23-21(28)19(15-6-4-3-5-7-15)25-20(27)18-10-16(13-26(18)2)17-9-8-14(11-22)12-24-17/h8-10,12-13,15,19H,3-7H2,1-2H3,(H,23,28)(H,25,27)/t19-/m0/s1. The van der Waals surface area contributed by atoms with Gasteiger partial charge < -0.3 is 15.2 Å². The Kier molecular flexibility index (Phi) is 6.09. The van der Waals surface area contributed by atoms with Gasteiger partial charge in [0.25, 0.3) is 5.91 Å². The van der Waals surface area contributed by atoms with Gasteiger partial charge in [-0.15, -0.1) is 0 Å². The van der Waals surface area contributed by atoms with E-state index in [2.05, 4.69) is 15.6 Å². The normalized spacial score (nSPS) is 15.5. The van der Waals surface area contributed by atoms with Crippen molar-refractivity contribution in [2.45, 2.75) is 38.1 Å². The van der Waals surface area contributed by atoms with Crippen LogP contribution >= 0.6 is 0 Å². The van der Waals surface area contributed by atoms with E-state index in [-0.39, 0.29) is 17.7 Å². The topological polar surface area (TPSA) is 99.8 Å². The predicted octanol–water partition coefficient (Wildman–Crippen LogP) is 2.38. The third-order valence-corrected chi connectivity index (χ3v) is 5.36. The van der Waals surface area contributed by atoms with Crippen LogP contribution in [0.2, 0.25) is 0 Å². The molecule has 0 aliphatic heterocycles. The van der Waals surface area contributed by atoms with Gasteiger partial charge in [-0.3, -0.25) is 14.6 Å². The number of carbonyl (C=O) groups excluding carboxylic acids is 2. The summed E-state index contributed by atoms with van der Waals surface area (Å²) >= 11 is 0. The minimum atomic E-state index is -0.524. The van der Waals surface area contributed by atoms with Crippen LogP contribution in [0.4, 0.5) is 0 Å². The summed E-state index contributed by atoms with van der Waals surface area (Å²) in [4.78, 5) is 29.6. The lowest BCUT2D eigenvalue weighted by Gasteiger charge is -2.29. The molecule has 1 aliphatic rings. The molecule has 1 aliphatic carbocycles. The molecular formula is C21H25N5O2. The Morgan fingerprint density at radius 3 is 2.64 bits per heavy atom. The summed E-state index contributed by atoms with van der Waals surface area (Å²) in [6.07, 6.45) is 8.59. The van der Waals surface area contributed by atoms with E-state index >= 15 is 0 Å². The van der Waals surface area contributed by atoms with E-state index in [1.165, 1.54) is 12.6 Å². The molecule has 0 radical (unpaired) electrons. The monoisotopic (exact) mass is 379 g/mol. The van der Waals surface area contributed by atoms with Gasteiger partial charge >= 0.3 is 0 Å². The van der Waals surface area contributed by atoms with Crippen molar-refractivity contribution in [2.75, 3.05) is 7.05 Å². The third kappa shape index (κ3) is 4.22. The van der Waals surface area contributed by atoms with Crippen LogP contribution in [0.15, 0.2) is 30.6 Å². The Balaban J connectivity index is 1.79. The Bertz CT molecular complexity index is 889. The molecule has 2 N–H and O–H groups in total. The maximum atomic E-state index is 12.9. The second kappa shape index (κ2) is 8.70. The van der Waals surface area contributed by atoms with Crippen molar-refractivity contribution < 1.29 is 9.59 Å². The molecule has 0 spiro atoms. The van der Waals surface area contributed by atoms with Crippen LogP contribution in [0.1, 0.15) is 48.2 Å². The fourth-order valence-electron chi connectivity index (χ4n) is 3.80. The molecule has 2 aromatic heterocycles. The maximum Gasteiger partial charge on any atom is 0.268 e. The first-order valence-electron chi connectivity index (χ1n) is 9.59. The molecule has 28 heavy (non-hydrogen) atoms. The second-order valence-corrected chi connectivity index (χ2v) is 7.23. The molecule has 146 valence electrons. The van der Waals surface area contributed by atoms with Gasteiger partial charge in [0.15, 0.2) is 0 Å². The lowest BCUT2D eigenvalue weighted by atomic mass is 9.83. The Labute approximate surface area is 164 Å². The number of nitriles is 1. The smallest absolute Gasteiger partial charge is 0.268 e. The largest absolute Gasteiger partial charge is 0.357 e. The SMILES string of the molecule is CNC(=O)[C@@H](NC(=O)c1cc(-c2ccc(C#N)cn2)cn1C)C1CCCCC1. The predicted molar refractivity (Wildman–Crippen MR) is 105 cm³/mol. The number of likely N-dealkylation sites (N-methyl/N-ethyl adjacent to an activating group) is 1. The summed E-state index contributed by atoms with van der Waals surface area (Å²) in [5.41, 5.74) is 2.42. The van der Waals surface area contributed by atoms with E-state index < -0.39 is 6.04 Å². The molecule has 0 bridgehead atoms. The number of carbonyl (C=O) groups is 2. The van der Waals surface area contributed by atoms with Gasteiger partial charge in [-0.1, -0.05) is 19.3 Å². The average Bonchev–Trinajstić information content (AvgIpc) is 3.13. The number of aromatic nitrogens is 2. The number of nitrogens with one attached hydrogen (secondary N) is 2. The van der Waals surface area contributed by atoms with E-state index in [9.17, 15) is 9.59 Å². The van der Waals surface area contributed by atoms with Gasteiger partial charge in [-0.05, 0) is 37.0 Å². The van der Waals surface area contributed by atoms with Crippen molar-refractivity contribution in [1.29, 1.82) is 5.26 Å². The van der Waals surface area contributed by atoms with Gasteiger partial charge in [0, 0.05) is 32.1 Å². The third-order valence-electron chi connectivity index (χ3n) is 5.36. The second-order valence-electron chi connectivity index (χ2n) is 7.23. The number of pyridine rings is 1. The van der Waals surface area contributed by atoms with Gasteiger partial charge in [0.1, 0.15) is 17.8 Å². The summed E-state index contributed by atoms with van der Waals surface area (Å²) in [6.45, 7) is 0. The van der Waals surface area contributed by atoms with Crippen molar-refractivity contribution in [2.24, 2.45) is 13.0 Å². The summed E-state index contributed by atoms with van der Waals surface area (Å²) < 4.78 is 1.73. The zero-order valence-corrected chi connectivity index (χ0v) is 16.2. The first-order chi connectivity index (χ1) is 13.5. The van der Waals surface area contributed by atoms with Crippen LogP contribution < -0.4 is 10.6 Å². The minimum absolute atomic E-state index is 0.150. The van der Waals surface area contributed by atoms with Crippen LogP contribution in [0.25, 0.3) is 11.3 Å². The molecule has 7 nitrogen and oxygen atoms in total. The number of amides is 2. The van der Waals surface area contributed by atoms with E-state index in [0.29, 0.717) is 17.0 Å². The zero-order chi connectivity index (χ0) is 20.1. The number of nitrogens with zero attached hydrogens (tertiary/aromatic N) is 3. The molecule has 2 heterocycles. The van der Waals surface area contributed by atoms with Gasteiger partial charge in [0.2, 0.25) is 5.91 Å². The molecule has 2 amide bonds. The van der Waals surface area contributed by atoms with Gasteiger partial charge in [-0.2, -0.15) is 5.26 Å². The van der Waals surface area contributed by atoms with Crippen LogP contribution in [0.3, 0.4) is 0 Å². The Morgan fingerprint density at radius 2 is 2.04 bits per heavy atom. The van der Waals surface area contributed by atoms with Crippen LogP contribution in [0.5, 0.6) is 0 Å². The Morgan fingerprint density at radius 1 is 1.29 bits per heavy atom. The summed E-state index contributed by atoms with van der Waals surface area (Å²) in [6, 6.07) is 6.72. The highest BCUT2D eigenvalue weighted by Crippen LogP contribution is 2.27. The molecule has 0 aromatic carbocycles. The van der Waals surface area contributed by atoms with Crippen LogP contribution in [0, 0.1) is 17.2 Å². The van der Waals surface area contributed by atoms with Gasteiger partial charge in [-0.25, -0.2) is 0 Å². The summed E-state index contributed by atoms with van der Waals surface area (Å²) in [5, 5.41) is 14.5. The van der Waals surface area contributed by atoms with Crippen molar-refractivity contribution in [3.05, 3.63) is 41.9 Å². The first kappa shape index (κ1) is 19.6. The molecule has 0 unspecified atom stereocenters. The van der Waals surface area contributed by atoms with Crippen molar-refractivity contribution in [3.63, 3.8) is 0 Å². The Hall–Kier alpha value is -3.14. The number of rotatable bonds is 5. The molecule has 1 atom stereocenters. The summed E-state index contributed by atoms with van der Waals surface area (Å²) in [5.74, 6) is -0.261. The number of aryl methyl sites for hydroxylation is 1. The number of hydrogen-bond acceptors (Lipinski definition) is 4. The molecule has 3 rings (SSSR count). The molecule has 7 heteroatoms.